The Morgan fingerprint density at radius 3 is 0.655 bits per heavy atom. The van der Waals surface area contributed by atoms with E-state index in [-0.39, 0.29) is 0 Å². The monoisotopic (exact) mass is 864 g/mol. The molecule has 0 aliphatic carbocycles. The van der Waals surface area contributed by atoms with Gasteiger partial charge in [0.2, 0.25) is 0 Å². The summed E-state index contributed by atoms with van der Waals surface area (Å²) in [7, 11) is 0. The molecular weight excluding hydrogens is 823 g/mol. The van der Waals surface area contributed by atoms with E-state index in [0.717, 1.165) is 13.8 Å². The summed E-state index contributed by atoms with van der Waals surface area (Å²) in [6.07, 6.45) is 0. The third kappa shape index (κ3) is 8.25. The van der Waals surface area contributed by atoms with Gasteiger partial charge >= 0.3 is 0 Å². The van der Waals surface area contributed by atoms with Gasteiger partial charge in [0.1, 0.15) is 34.9 Å². The second-order valence-electron chi connectivity index (χ2n) is 16.2. The fourth-order valence-corrected chi connectivity index (χ4v) is 22.0. The molecule has 0 fully saturated rings. The zero-order valence-electron chi connectivity index (χ0n) is 32.2. The lowest BCUT2D eigenvalue weighted by atomic mass is 9.33. The fraction of sp³-hybridized carbons (Fsp3) is 0.500. The van der Waals surface area contributed by atoms with E-state index in [0.29, 0.717) is 20.7 Å². The van der Waals surface area contributed by atoms with Crippen molar-refractivity contribution in [3.05, 3.63) is 87.3 Å². The smallest absolute Gasteiger partial charge is 0.200 e. The molecule has 0 radical (unpaired) electrons. The molecule has 0 aliphatic heterocycles. The van der Waals surface area contributed by atoms with Crippen molar-refractivity contribution < 1.29 is 65.9 Å². The summed E-state index contributed by atoms with van der Waals surface area (Å²) in [4.78, 5) is 0. The minimum atomic E-state index is -5.53. The fourth-order valence-electron chi connectivity index (χ4n) is 7.79. The average Bonchev–Trinajstić information content (AvgIpc) is 3.03. The van der Waals surface area contributed by atoms with E-state index in [1.54, 1.807) is 0 Å². The molecule has 0 saturated carbocycles. The van der Waals surface area contributed by atoms with Crippen molar-refractivity contribution >= 4 is 51.3 Å². The van der Waals surface area contributed by atoms with E-state index in [1.165, 1.54) is 0 Å². The first-order chi connectivity index (χ1) is 24.6. The second-order valence-corrected chi connectivity index (χ2v) is 26.8. The van der Waals surface area contributed by atoms with E-state index in [2.05, 4.69) is 87.5 Å². The van der Waals surface area contributed by atoms with Gasteiger partial charge in [0.05, 0.1) is 21.9 Å². The molecule has 0 amide bonds. The summed E-state index contributed by atoms with van der Waals surface area (Å²) in [5, 5.41) is 0.325. The lowest BCUT2D eigenvalue weighted by molar-refractivity contribution is 0.380. The van der Waals surface area contributed by atoms with E-state index in [4.69, 9.17) is 0 Å². The summed E-state index contributed by atoms with van der Waals surface area (Å²) in [5.74, 6) is -45.0. The topological polar surface area (TPSA) is 0 Å². The highest BCUT2D eigenvalue weighted by atomic mass is 32.7. The normalized spacial score (nSPS) is 13.2. The minimum absolute atomic E-state index is 0.387. The van der Waals surface area contributed by atoms with E-state index >= 15 is 26.3 Å². The molecule has 0 unspecified atom stereocenters. The van der Waals surface area contributed by atoms with Gasteiger partial charge < -0.3 is 11.6 Å². The SMILES string of the molecule is CC(C)S[B-](c1c(F)c(F)c(F)c(F)c1F)(c1c(F)c(F)c(F)c(F)c1F)c1c(F)c(F)c(F)c(F)c1F.CC(C)S[P+](C(C)(C)C)(C(C)(C)C)C(C)(C)C. The predicted molar refractivity (Wildman–Crippen MR) is 195 cm³/mol. The van der Waals surface area contributed by atoms with Crippen LogP contribution in [0.3, 0.4) is 0 Å². The van der Waals surface area contributed by atoms with Crippen LogP contribution in [0, 0.1) is 87.3 Å². The summed E-state index contributed by atoms with van der Waals surface area (Å²) < 4.78 is 217. The second kappa shape index (κ2) is 16.6. The van der Waals surface area contributed by atoms with Crippen LogP contribution in [0.25, 0.3) is 0 Å². The molecule has 0 N–H and O–H groups in total. The van der Waals surface area contributed by atoms with Crippen LogP contribution >= 0.6 is 29.5 Å². The molecule has 0 heterocycles. The van der Waals surface area contributed by atoms with Gasteiger partial charge in [0, 0.05) is 16.6 Å². The molecule has 0 aromatic heterocycles. The molecule has 3 aromatic rings. The molecule has 0 aliphatic rings. The zero-order chi connectivity index (χ0) is 43.5. The predicted octanol–water partition coefficient (Wildman–Crippen LogP) is 12.3. The summed E-state index contributed by atoms with van der Waals surface area (Å²) in [5.41, 5.74) is -13.4. The van der Waals surface area contributed by atoms with Gasteiger partial charge in [0.25, 0.3) is 0 Å². The van der Waals surface area contributed by atoms with Crippen molar-refractivity contribution in [1.82, 2.24) is 0 Å². The highest BCUT2D eigenvalue weighted by molar-refractivity contribution is 8.63. The first kappa shape index (κ1) is 49.0. The zero-order valence-corrected chi connectivity index (χ0v) is 34.7. The van der Waals surface area contributed by atoms with Crippen molar-refractivity contribution in [2.24, 2.45) is 0 Å². The summed E-state index contributed by atoms with van der Waals surface area (Å²) in [6.45, 7) is 27.3. The first-order valence-electron chi connectivity index (χ1n) is 16.6. The third-order valence-electron chi connectivity index (χ3n) is 8.63. The van der Waals surface area contributed by atoms with Gasteiger partial charge in [-0.05, 0) is 67.6 Å². The Bertz CT molecular complexity index is 1660. The highest BCUT2D eigenvalue weighted by Crippen LogP contribution is 2.91. The molecule has 19 heteroatoms. The average molecular weight is 865 g/mol. The van der Waals surface area contributed by atoms with Crippen LogP contribution in [0.2, 0.25) is 0 Å². The molecular formula is C36H41BF15PS2. The number of hydrogen-bond donors (Lipinski definition) is 0. The number of rotatable bonds is 7. The Labute approximate surface area is 319 Å². The number of hydrogen-bond acceptors (Lipinski definition) is 2. The first-order valence-corrected chi connectivity index (χ1v) is 20.8. The molecule has 3 rings (SSSR count). The lowest BCUT2D eigenvalue weighted by Gasteiger charge is -2.53. The van der Waals surface area contributed by atoms with Gasteiger partial charge in [-0.15, -0.1) is 16.4 Å². The maximum absolute atomic E-state index is 15.1. The Morgan fingerprint density at radius 1 is 0.345 bits per heavy atom. The van der Waals surface area contributed by atoms with Crippen LogP contribution in [-0.4, -0.2) is 31.4 Å². The van der Waals surface area contributed by atoms with Gasteiger partial charge in [-0.2, -0.15) is 0 Å². The molecule has 0 saturated heterocycles. The van der Waals surface area contributed by atoms with Crippen molar-refractivity contribution in [3.8, 4) is 0 Å². The van der Waals surface area contributed by atoms with Crippen LogP contribution in [0.15, 0.2) is 0 Å². The van der Waals surface area contributed by atoms with E-state index in [9.17, 15) is 39.5 Å². The summed E-state index contributed by atoms with van der Waals surface area (Å²) in [6, 6.07) is 0. The van der Waals surface area contributed by atoms with Crippen LogP contribution < -0.4 is 16.4 Å². The van der Waals surface area contributed by atoms with Crippen LogP contribution in [0.4, 0.5) is 65.9 Å². The van der Waals surface area contributed by atoms with Crippen molar-refractivity contribution in [2.45, 2.75) is 116 Å². The Balaban J connectivity index is 0.000000518. The van der Waals surface area contributed by atoms with Gasteiger partial charge in [-0.1, -0.05) is 27.7 Å². The third-order valence-corrected chi connectivity index (χ3v) is 23.8. The van der Waals surface area contributed by atoms with Crippen molar-refractivity contribution in [3.63, 3.8) is 0 Å². The molecule has 3 aromatic carbocycles. The molecule has 0 atom stereocenters. The molecule has 0 nitrogen and oxygen atoms in total. The number of halogens is 15. The molecule has 0 spiro atoms. The highest BCUT2D eigenvalue weighted by Gasteiger charge is 2.66. The molecule has 0 bridgehead atoms. The van der Waals surface area contributed by atoms with Gasteiger partial charge in [0.15, 0.2) is 57.8 Å². The standard InChI is InChI=1S/C21H7BF15S.C15H34PS/c1-3(2)38-22(4-7(23)13(29)19(35)14(30)8(4)24,5-9(25)15(31)20(36)16(32)10(5)26)6-11(27)17(33)21(37)18(34)12(6)28;1-12(2)17-16(13(3,4)5,14(6,7)8)15(9,10)11/h3H,1-2H3;12H,1-11H3/q-1;+1. The van der Waals surface area contributed by atoms with Crippen LogP contribution in [0.1, 0.15) is 90.0 Å². The maximum Gasteiger partial charge on any atom is 0.200 e. The van der Waals surface area contributed by atoms with Crippen LogP contribution in [-0.2, 0) is 0 Å². The van der Waals surface area contributed by atoms with Crippen molar-refractivity contribution in [2.75, 3.05) is 0 Å². The van der Waals surface area contributed by atoms with Gasteiger partial charge in [-0.3, -0.25) is 0 Å². The summed E-state index contributed by atoms with van der Waals surface area (Å²) >= 11 is 1.70. The number of benzene rings is 3. The molecule has 55 heavy (non-hydrogen) atoms. The Kier molecular flexibility index (Phi) is 14.8. The quantitative estimate of drug-likeness (QED) is 0.0763. The van der Waals surface area contributed by atoms with Gasteiger partial charge in [-0.25, -0.2) is 65.9 Å². The van der Waals surface area contributed by atoms with E-state index < -0.39 is 132 Å². The van der Waals surface area contributed by atoms with E-state index in [1.807, 2.05) is 0 Å². The molecule has 310 valence electrons. The van der Waals surface area contributed by atoms with Crippen LogP contribution in [0.5, 0.6) is 0 Å². The maximum atomic E-state index is 15.1. The largest absolute Gasteiger partial charge is 0.354 e. The lowest BCUT2D eigenvalue weighted by Crippen LogP contribution is -2.71. The Morgan fingerprint density at radius 2 is 0.527 bits per heavy atom. The minimum Gasteiger partial charge on any atom is -0.354 e. The Hall–Kier alpha value is -2.20. The van der Waals surface area contributed by atoms with Crippen molar-refractivity contribution in [1.29, 1.82) is 0 Å².